The number of aromatic nitrogens is 1. The summed E-state index contributed by atoms with van der Waals surface area (Å²) in [5, 5.41) is 3.25. The van der Waals surface area contributed by atoms with E-state index in [1.807, 2.05) is 30.3 Å². The summed E-state index contributed by atoms with van der Waals surface area (Å²) in [7, 11) is 0. The van der Waals surface area contributed by atoms with Gasteiger partial charge in [0.15, 0.2) is 0 Å². The zero-order valence-electron chi connectivity index (χ0n) is 12.5. The van der Waals surface area contributed by atoms with Crippen LogP contribution in [-0.2, 0) is 4.74 Å². The van der Waals surface area contributed by atoms with Crippen LogP contribution < -0.4 is 5.32 Å². The third kappa shape index (κ3) is 4.95. The fourth-order valence-corrected chi connectivity index (χ4v) is 1.80. The van der Waals surface area contributed by atoms with E-state index in [1.54, 1.807) is 25.3 Å². The first-order valence-electron chi connectivity index (χ1n) is 7.20. The number of hydrogen-bond acceptors (Lipinski definition) is 4. The molecule has 0 spiro atoms. The molecule has 0 saturated carbocycles. The molecule has 4 nitrogen and oxygen atoms in total. The summed E-state index contributed by atoms with van der Waals surface area (Å²) in [6.07, 6.45) is 2.45. The van der Waals surface area contributed by atoms with Crippen molar-refractivity contribution in [3.05, 3.63) is 59.9 Å². The number of nitrogens with one attached hydrogen (secondary N) is 1. The second-order valence-corrected chi connectivity index (χ2v) is 4.49. The lowest BCUT2D eigenvalue weighted by Crippen LogP contribution is -2.05. The van der Waals surface area contributed by atoms with Crippen molar-refractivity contribution in [1.29, 1.82) is 0 Å². The van der Waals surface area contributed by atoms with Gasteiger partial charge in [0.1, 0.15) is 5.69 Å². The molecule has 2 aromatic rings. The Bertz CT molecular complexity index is 655. The van der Waals surface area contributed by atoms with Gasteiger partial charge < -0.3 is 10.1 Å². The van der Waals surface area contributed by atoms with Crippen LogP contribution in [0.3, 0.4) is 0 Å². The van der Waals surface area contributed by atoms with Gasteiger partial charge in [0, 0.05) is 24.8 Å². The molecule has 1 aromatic carbocycles. The van der Waals surface area contributed by atoms with Gasteiger partial charge in [-0.2, -0.15) is 0 Å². The van der Waals surface area contributed by atoms with Crippen LogP contribution in [0.2, 0.25) is 0 Å². The molecular weight excluding hydrogens is 276 g/mol. The maximum atomic E-state index is 11.5. The predicted octanol–water partition coefficient (Wildman–Crippen LogP) is 3.11. The van der Waals surface area contributed by atoms with Gasteiger partial charge in [0.25, 0.3) is 0 Å². The number of carbonyl (C=O) groups is 1. The van der Waals surface area contributed by atoms with Crippen LogP contribution >= 0.6 is 0 Å². The zero-order chi connectivity index (χ0) is 15.6. The number of ether oxygens (including phenoxy) is 1. The van der Waals surface area contributed by atoms with E-state index < -0.39 is 0 Å². The van der Waals surface area contributed by atoms with Crippen molar-refractivity contribution < 1.29 is 9.53 Å². The number of carbonyl (C=O) groups excluding carboxylic acids is 1. The highest BCUT2D eigenvalue weighted by Crippen LogP contribution is 2.10. The van der Waals surface area contributed by atoms with Crippen molar-refractivity contribution in [2.75, 3.05) is 18.5 Å². The number of anilines is 1. The minimum atomic E-state index is -0.296. The minimum Gasteiger partial charge on any atom is -0.462 e. The van der Waals surface area contributed by atoms with Gasteiger partial charge in [-0.25, -0.2) is 9.78 Å². The SMILES string of the molecule is CCOC(=O)c1ccc(NCCC#Cc2ccccn2)cc1. The highest BCUT2D eigenvalue weighted by molar-refractivity contribution is 5.89. The van der Waals surface area contributed by atoms with Gasteiger partial charge in [0.2, 0.25) is 0 Å². The van der Waals surface area contributed by atoms with Gasteiger partial charge in [-0.15, -0.1) is 0 Å². The van der Waals surface area contributed by atoms with E-state index in [0.29, 0.717) is 12.2 Å². The molecule has 0 bridgehead atoms. The standard InChI is InChI=1S/C18H18N2O2/c1-2-22-18(21)15-9-11-17(12-10-15)20-14-6-4-8-16-7-3-5-13-19-16/h3,5,7,9-13,20H,2,6,14H2,1H3. The molecule has 112 valence electrons. The molecule has 0 atom stereocenters. The Kier molecular flexibility index (Phi) is 6.01. The maximum Gasteiger partial charge on any atom is 0.338 e. The molecule has 0 unspecified atom stereocenters. The molecule has 0 aliphatic heterocycles. The quantitative estimate of drug-likeness (QED) is 0.523. The van der Waals surface area contributed by atoms with Crippen LogP contribution in [0.15, 0.2) is 48.7 Å². The van der Waals surface area contributed by atoms with Crippen molar-refractivity contribution in [2.45, 2.75) is 13.3 Å². The number of esters is 1. The largest absolute Gasteiger partial charge is 0.462 e. The van der Waals surface area contributed by atoms with Gasteiger partial charge in [-0.3, -0.25) is 0 Å². The Morgan fingerprint density at radius 1 is 1.23 bits per heavy atom. The summed E-state index contributed by atoms with van der Waals surface area (Å²) in [6.45, 7) is 2.91. The molecule has 0 saturated heterocycles. The van der Waals surface area contributed by atoms with Gasteiger partial charge >= 0.3 is 5.97 Å². The fourth-order valence-electron chi connectivity index (χ4n) is 1.80. The number of nitrogens with zero attached hydrogens (tertiary/aromatic N) is 1. The van der Waals surface area contributed by atoms with E-state index in [4.69, 9.17) is 4.74 Å². The predicted molar refractivity (Wildman–Crippen MR) is 86.6 cm³/mol. The first-order valence-corrected chi connectivity index (χ1v) is 7.20. The van der Waals surface area contributed by atoms with E-state index in [1.165, 1.54) is 0 Å². The Morgan fingerprint density at radius 2 is 2.05 bits per heavy atom. The summed E-state index contributed by atoms with van der Waals surface area (Å²) < 4.78 is 4.94. The molecule has 22 heavy (non-hydrogen) atoms. The first-order chi connectivity index (χ1) is 10.8. The highest BCUT2D eigenvalue weighted by Gasteiger charge is 2.04. The van der Waals surface area contributed by atoms with E-state index in [-0.39, 0.29) is 5.97 Å². The van der Waals surface area contributed by atoms with Crippen LogP contribution in [-0.4, -0.2) is 24.1 Å². The Balaban J connectivity index is 1.78. The second-order valence-electron chi connectivity index (χ2n) is 4.49. The van der Waals surface area contributed by atoms with E-state index in [2.05, 4.69) is 22.1 Å². The molecule has 1 aromatic heterocycles. The lowest BCUT2D eigenvalue weighted by Gasteiger charge is -2.05. The molecule has 0 fully saturated rings. The fraction of sp³-hybridized carbons (Fsp3) is 0.222. The summed E-state index contributed by atoms with van der Waals surface area (Å²) in [5.41, 5.74) is 2.29. The molecule has 0 aliphatic carbocycles. The van der Waals surface area contributed by atoms with Gasteiger partial charge in [0.05, 0.1) is 12.2 Å². The molecular formula is C18H18N2O2. The van der Waals surface area contributed by atoms with Crippen molar-refractivity contribution in [2.24, 2.45) is 0 Å². The third-order valence-corrected chi connectivity index (χ3v) is 2.86. The Hall–Kier alpha value is -2.80. The van der Waals surface area contributed by atoms with Crippen molar-refractivity contribution in [1.82, 2.24) is 4.98 Å². The lowest BCUT2D eigenvalue weighted by molar-refractivity contribution is 0.0526. The molecule has 1 N–H and O–H groups in total. The number of benzene rings is 1. The number of hydrogen-bond donors (Lipinski definition) is 1. The van der Waals surface area contributed by atoms with E-state index in [0.717, 1.165) is 24.3 Å². The Labute approximate surface area is 130 Å². The van der Waals surface area contributed by atoms with Crippen LogP contribution in [0.4, 0.5) is 5.69 Å². The number of rotatable bonds is 5. The minimum absolute atomic E-state index is 0.296. The summed E-state index contributed by atoms with van der Waals surface area (Å²) in [6, 6.07) is 12.9. The molecule has 2 rings (SSSR count). The third-order valence-electron chi connectivity index (χ3n) is 2.86. The smallest absolute Gasteiger partial charge is 0.338 e. The molecule has 0 radical (unpaired) electrons. The normalized spacial score (nSPS) is 9.50. The monoisotopic (exact) mass is 294 g/mol. The number of pyridine rings is 1. The lowest BCUT2D eigenvalue weighted by atomic mass is 10.2. The summed E-state index contributed by atoms with van der Waals surface area (Å²) in [5.74, 6) is 5.78. The molecule has 0 amide bonds. The van der Waals surface area contributed by atoms with E-state index in [9.17, 15) is 4.79 Å². The topological polar surface area (TPSA) is 51.2 Å². The van der Waals surface area contributed by atoms with Crippen LogP contribution in [0.1, 0.15) is 29.4 Å². The summed E-state index contributed by atoms with van der Waals surface area (Å²) >= 11 is 0. The Morgan fingerprint density at radius 3 is 2.73 bits per heavy atom. The zero-order valence-corrected chi connectivity index (χ0v) is 12.5. The van der Waals surface area contributed by atoms with Crippen LogP contribution in [0.5, 0.6) is 0 Å². The second kappa shape index (κ2) is 8.48. The van der Waals surface area contributed by atoms with Crippen LogP contribution in [0, 0.1) is 11.8 Å². The van der Waals surface area contributed by atoms with Crippen molar-refractivity contribution in [3.8, 4) is 11.8 Å². The van der Waals surface area contributed by atoms with Crippen LogP contribution in [0.25, 0.3) is 0 Å². The van der Waals surface area contributed by atoms with Gasteiger partial charge in [-0.1, -0.05) is 12.0 Å². The summed E-state index contributed by atoms with van der Waals surface area (Å²) in [4.78, 5) is 15.7. The highest BCUT2D eigenvalue weighted by atomic mass is 16.5. The first kappa shape index (κ1) is 15.6. The molecule has 1 heterocycles. The van der Waals surface area contributed by atoms with Gasteiger partial charge in [-0.05, 0) is 49.2 Å². The average molecular weight is 294 g/mol. The van der Waals surface area contributed by atoms with E-state index >= 15 is 0 Å². The van der Waals surface area contributed by atoms with Crippen molar-refractivity contribution >= 4 is 11.7 Å². The average Bonchev–Trinajstić information content (AvgIpc) is 2.56. The molecule has 4 heteroatoms. The molecule has 0 aliphatic rings. The van der Waals surface area contributed by atoms with Crippen molar-refractivity contribution in [3.63, 3.8) is 0 Å². The maximum absolute atomic E-state index is 11.5.